The van der Waals surface area contributed by atoms with Crippen molar-refractivity contribution in [2.24, 2.45) is 0 Å². The summed E-state index contributed by atoms with van der Waals surface area (Å²) in [5, 5.41) is 10.1. The summed E-state index contributed by atoms with van der Waals surface area (Å²) in [6.45, 7) is 0. The van der Waals surface area contributed by atoms with E-state index in [1.54, 1.807) is 6.07 Å². The number of benzene rings is 2. The first-order chi connectivity index (χ1) is 11.1. The Morgan fingerprint density at radius 2 is 2.00 bits per heavy atom. The minimum absolute atomic E-state index is 0.241. The standard InChI is InChI=1S/C17H10ClNO3S/c1-21-13-8-10(9-19)6-7-12(13)22-17(20)16-15(18)11-4-2-3-5-14(11)23-16/h2-8H,1H3. The molecule has 0 aliphatic carbocycles. The maximum atomic E-state index is 12.4. The van der Waals surface area contributed by atoms with Gasteiger partial charge in [0.05, 0.1) is 23.8 Å². The van der Waals surface area contributed by atoms with Gasteiger partial charge in [0.1, 0.15) is 4.88 Å². The highest BCUT2D eigenvalue weighted by Gasteiger charge is 2.20. The van der Waals surface area contributed by atoms with Crippen LogP contribution in [0.15, 0.2) is 42.5 Å². The molecule has 0 radical (unpaired) electrons. The summed E-state index contributed by atoms with van der Waals surface area (Å²) in [7, 11) is 1.44. The number of fused-ring (bicyclic) bond motifs is 1. The normalized spacial score (nSPS) is 10.3. The lowest BCUT2D eigenvalue weighted by molar-refractivity contribution is 0.0735. The van der Waals surface area contributed by atoms with Crippen molar-refractivity contribution in [3.63, 3.8) is 0 Å². The summed E-state index contributed by atoms with van der Waals surface area (Å²) < 4.78 is 11.5. The van der Waals surface area contributed by atoms with Crippen LogP contribution in [0.3, 0.4) is 0 Å². The molecule has 3 aromatic rings. The molecule has 0 atom stereocenters. The Morgan fingerprint density at radius 3 is 2.70 bits per heavy atom. The van der Waals surface area contributed by atoms with Gasteiger partial charge in [0, 0.05) is 16.2 Å². The Kier molecular flexibility index (Phi) is 4.20. The Hall–Kier alpha value is -2.55. The van der Waals surface area contributed by atoms with E-state index in [2.05, 4.69) is 0 Å². The van der Waals surface area contributed by atoms with Gasteiger partial charge in [-0.3, -0.25) is 0 Å². The van der Waals surface area contributed by atoms with Gasteiger partial charge < -0.3 is 9.47 Å². The Balaban J connectivity index is 1.95. The van der Waals surface area contributed by atoms with Crippen LogP contribution < -0.4 is 9.47 Å². The molecule has 0 saturated carbocycles. The lowest BCUT2D eigenvalue weighted by Crippen LogP contribution is -2.08. The topological polar surface area (TPSA) is 59.3 Å². The molecule has 0 amide bonds. The van der Waals surface area contributed by atoms with E-state index >= 15 is 0 Å². The van der Waals surface area contributed by atoms with Gasteiger partial charge in [-0.2, -0.15) is 5.26 Å². The van der Waals surface area contributed by atoms with Crippen LogP contribution in [0.1, 0.15) is 15.2 Å². The van der Waals surface area contributed by atoms with Gasteiger partial charge in [-0.25, -0.2) is 4.79 Å². The highest BCUT2D eigenvalue weighted by molar-refractivity contribution is 7.21. The zero-order chi connectivity index (χ0) is 16.4. The van der Waals surface area contributed by atoms with E-state index in [-0.39, 0.29) is 5.75 Å². The molecule has 23 heavy (non-hydrogen) atoms. The average molecular weight is 344 g/mol. The van der Waals surface area contributed by atoms with Crippen molar-refractivity contribution in [2.75, 3.05) is 7.11 Å². The van der Waals surface area contributed by atoms with E-state index < -0.39 is 5.97 Å². The van der Waals surface area contributed by atoms with Crippen LogP contribution in [0.2, 0.25) is 5.02 Å². The summed E-state index contributed by atoms with van der Waals surface area (Å²) in [6, 6.07) is 14.1. The predicted molar refractivity (Wildman–Crippen MR) is 89.5 cm³/mol. The number of esters is 1. The summed E-state index contributed by atoms with van der Waals surface area (Å²) in [4.78, 5) is 12.7. The molecule has 114 valence electrons. The SMILES string of the molecule is COc1cc(C#N)ccc1OC(=O)c1sc2ccccc2c1Cl. The van der Waals surface area contributed by atoms with Gasteiger partial charge in [-0.1, -0.05) is 29.8 Å². The van der Waals surface area contributed by atoms with E-state index in [1.807, 2.05) is 30.3 Å². The molecule has 1 aromatic heterocycles. The number of methoxy groups -OCH3 is 1. The molecular formula is C17H10ClNO3S. The summed E-state index contributed by atoms with van der Waals surface area (Å²) in [5.74, 6) is -0.00105. The quantitative estimate of drug-likeness (QED) is 0.513. The highest BCUT2D eigenvalue weighted by Crippen LogP contribution is 2.36. The van der Waals surface area contributed by atoms with Crippen LogP contribution in [0, 0.1) is 11.3 Å². The first-order valence-corrected chi connectivity index (χ1v) is 7.81. The van der Waals surface area contributed by atoms with Gasteiger partial charge >= 0.3 is 5.97 Å². The number of hydrogen-bond acceptors (Lipinski definition) is 5. The maximum Gasteiger partial charge on any atom is 0.355 e. The van der Waals surface area contributed by atoms with E-state index in [1.165, 1.54) is 30.6 Å². The molecule has 0 unspecified atom stereocenters. The maximum absolute atomic E-state index is 12.4. The smallest absolute Gasteiger partial charge is 0.355 e. The summed E-state index contributed by atoms with van der Waals surface area (Å²) in [5.41, 5.74) is 0.418. The molecule has 2 aromatic carbocycles. The zero-order valence-electron chi connectivity index (χ0n) is 12.0. The number of carbonyl (C=O) groups excluding carboxylic acids is 1. The predicted octanol–water partition coefficient (Wildman–Crippen LogP) is 4.65. The fraction of sp³-hybridized carbons (Fsp3) is 0.0588. The molecule has 0 fully saturated rings. The first-order valence-electron chi connectivity index (χ1n) is 6.61. The fourth-order valence-corrected chi connectivity index (χ4v) is 3.50. The number of halogens is 1. The molecule has 0 spiro atoms. The number of nitriles is 1. The monoisotopic (exact) mass is 343 g/mol. The van der Waals surface area contributed by atoms with Crippen LogP contribution in [-0.4, -0.2) is 13.1 Å². The third-order valence-corrected chi connectivity index (χ3v) is 4.87. The lowest BCUT2D eigenvalue weighted by atomic mass is 10.2. The van der Waals surface area contributed by atoms with Crippen molar-refractivity contribution < 1.29 is 14.3 Å². The van der Waals surface area contributed by atoms with Crippen molar-refractivity contribution in [2.45, 2.75) is 0 Å². The molecule has 4 nitrogen and oxygen atoms in total. The van der Waals surface area contributed by atoms with Gasteiger partial charge in [0.2, 0.25) is 0 Å². The molecule has 3 rings (SSSR count). The van der Waals surface area contributed by atoms with Gasteiger partial charge in [-0.15, -0.1) is 11.3 Å². The Labute approximate surface area is 141 Å². The van der Waals surface area contributed by atoms with Crippen molar-refractivity contribution in [3.8, 4) is 17.6 Å². The number of hydrogen-bond donors (Lipinski definition) is 0. The molecule has 0 N–H and O–H groups in total. The molecular weight excluding hydrogens is 334 g/mol. The van der Waals surface area contributed by atoms with E-state index in [0.29, 0.717) is 21.2 Å². The molecule has 1 heterocycles. The van der Waals surface area contributed by atoms with Crippen LogP contribution in [0.5, 0.6) is 11.5 Å². The minimum atomic E-state index is -0.556. The van der Waals surface area contributed by atoms with Gasteiger partial charge in [-0.05, 0) is 18.2 Å². The number of rotatable bonds is 3. The average Bonchev–Trinajstić information content (AvgIpc) is 2.92. The minimum Gasteiger partial charge on any atom is -0.493 e. The number of thiophene rings is 1. The van der Waals surface area contributed by atoms with Gasteiger partial charge in [0.25, 0.3) is 0 Å². The fourth-order valence-electron chi connectivity index (χ4n) is 2.11. The Morgan fingerprint density at radius 1 is 1.22 bits per heavy atom. The highest BCUT2D eigenvalue weighted by atomic mass is 35.5. The van der Waals surface area contributed by atoms with Crippen LogP contribution >= 0.6 is 22.9 Å². The molecule has 0 aliphatic rings. The zero-order valence-corrected chi connectivity index (χ0v) is 13.6. The van der Waals surface area contributed by atoms with Crippen molar-refractivity contribution in [3.05, 3.63) is 57.9 Å². The van der Waals surface area contributed by atoms with Crippen LogP contribution in [-0.2, 0) is 0 Å². The summed E-state index contributed by atoms with van der Waals surface area (Å²) >= 11 is 7.55. The number of ether oxygens (including phenoxy) is 2. The third kappa shape index (κ3) is 2.87. The number of nitrogens with zero attached hydrogens (tertiary/aromatic N) is 1. The van der Waals surface area contributed by atoms with Crippen LogP contribution in [0.4, 0.5) is 0 Å². The van der Waals surface area contributed by atoms with Crippen molar-refractivity contribution in [1.29, 1.82) is 5.26 Å². The van der Waals surface area contributed by atoms with Crippen molar-refractivity contribution >= 4 is 39.0 Å². The molecule has 6 heteroatoms. The van der Waals surface area contributed by atoms with E-state index in [0.717, 1.165) is 10.1 Å². The second-order valence-electron chi connectivity index (χ2n) is 4.61. The lowest BCUT2D eigenvalue weighted by Gasteiger charge is -2.08. The third-order valence-electron chi connectivity index (χ3n) is 3.22. The molecule has 0 aliphatic heterocycles. The second-order valence-corrected chi connectivity index (χ2v) is 6.04. The summed E-state index contributed by atoms with van der Waals surface area (Å²) in [6.07, 6.45) is 0. The van der Waals surface area contributed by atoms with Gasteiger partial charge in [0.15, 0.2) is 11.5 Å². The van der Waals surface area contributed by atoms with E-state index in [4.69, 9.17) is 26.3 Å². The van der Waals surface area contributed by atoms with E-state index in [9.17, 15) is 4.79 Å². The van der Waals surface area contributed by atoms with Crippen molar-refractivity contribution in [1.82, 2.24) is 0 Å². The molecule has 0 saturated heterocycles. The largest absolute Gasteiger partial charge is 0.493 e. The second kappa shape index (κ2) is 6.29. The number of carbonyl (C=O) groups is 1. The molecule has 0 bridgehead atoms. The first kappa shape index (κ1) is 15.3. The van der Waals surface area contributed by atoms with Crippen LogP contribution in [0.25, 0.3) is 10.1 Å². The Bertz CT molecular complexity index is 943.